The molecule has 178 valence electrons. The first-order valence-electron chi connectivity index (χ1n) is 10.7. The number of carbonyl (C=O) groups excluding carboxylic acids is 3. The van der Waals surface area contributed by atoms with Crippen LogP contribution in [0.1, 0.15) is 24.1 Å². The maximum Gasteiger partial charge on any atom is 0.300 e. The summed E-state index contributed by atoms with van der Waals surface area (Å²) in [6.45, 7) is 1.39. The predicted molar refractivity (Wildman–Crippen MR) is 129 cm³/mol. The summed E-state index contributed by atoms with van der Waals surface area (Å²) in [4.78, 5) is 43.2. The number of anilines is 2. The van der Waals surface area contributed by atoms with Crippen LogP contribution in [0.5, 0.6) is 11.5 Å². The van der Waals surface area contributed by atoms with Crippen molar-refractivity contribution in [3.8, 4) is 11.5 Å². The van der Waals surface area contributed by atoms with Crippen LogP contribution < -0.4 is 19.7 Å². The lowest BCUT2D eigenvalue weighted by atomic mass is 9.95. The molecule has 2 amide bonds. The zero-order chi connectivity index (χ0) is 25.1. The molecule has 3 aromatic rings. The first kappa shape index (κ1) is 23.5. The van der Waals surface area contributed by atoms with Crippen LogP contribution >= 0.6 is 0 Å². The summed E-state index contributed by atoms with van der Waals surface area (Å²) >= 11 is 0. The number of aromatic nitrogens is 1. The zero-order valence-corrected chi connectivity index (χ0v) is 19.3. The van der Waals surface area contributed by atoms with Gasteiger partial charge >= 0.3 is 0 Å². The maximum atomic E-state index is 13.2. The Morgan fingerprint density at radius 2 is 1.63 bits per heavy atom. The Kier molecular flexibility index (Phi) is 6.50. The number of aliphatic hydroxyl groups is 1. The van der Waals surface area contributed by atoms with E-state index in [0.29, 0.717) is 34.0 Å². The lowest BCUT2D eigenvalue weighted by Crippen LogP contribution is -2.29. The maximum absolute atomic E-state index is 13.2. The van der Waals surface area contributed by atoms with Crippen LogP contribution in [0.15, 0.2) is 72.6 Å². The third-order valence-corrected chi connectivity index (χ3v) is 5.59. The second-order valence-electron chi connectivity index (χ2n) is 7.75. The molecular formula is C26H23N3O6. The zero-order valence-electron chi connectivity index (χ0n) is 19.3. The highest BCUT2D eigenvalue weighted by molar-refractivity contribution is 6.51. The minimum absolute atomic E-state index is 0.0700. The number of aliphatic hydroxyl groups excluding tert-OH is 1. The van der Waals surface area contributed by atoms with Crippen molar-refractivity contribution in [2.45, 2.75) is 13.0 Å². The van der Waals surface area contributed by atoms with E-state index in [-0.39, 0.29) is 17.2 Å². The summed E-state index contributed by atoms with van der Waals surface area (Å²) in [6, 6.07) is 13.7. The third-order valence-electron chi connectivity index (χ3n) is 5.59. The van der Waals surface area contributed by atoms with Gasteiger partial charge in [0.1, 0.15) is 5.76 Å². The van der Waals surface area contributed by atoms with Crippen LogP contribution in [0.2, 0.25) is 0 Å². The number of ketones is 1. The van der Waals surface area contributed by atoms with Crippen molar-refractivity contribution < 1.29 is 29.0 Å². The Morgan fingerprint density at radius 3 is 2.23 bits per heavy atom. The summed E-state index contributed by atoms with van der Waals surface area (Å²) in [6.07, 6.45) is 3.09. The van der Waals surface area contributed by atoms with E-state index in [4.69, 9.17) is 9.47 Å². The molecule has 0 bridgehead atoms. The smallest absolute Gasteiger partial charge is 0.300 e. The Hall–Kier alpha value is -4.66. The number of amides is 2. The number of benzene rings is 2. The Morgan fingerprint density at radius 1 is 0.971 bits per heavy atom. The van der Waals surface area contributed by atoms with Gasteiger partial charge in [0.2, 0.25) is 5.91 Å². The van der Waals surface area contributed by atoms with Crippen molar-refractivity contribution in [2.75, 3.05) is 24.4 Å². The van der Waals surface area contributed by atoms with E-state index in [1.807, 2.05) is 0 Å². The molecule has 1 saturated heterocycles. The molecule has 1 unspecified atom stereocenters. The number of carbonyl (C=O) groups is 3. The molecule has 0 aliphatic carbocycles. The van der Waals surface area contributed by atoms with E-state index in [2.05, 4.69) is 10.3 Å². The molecule has 1 aromatic heterocycles. The van der Waals surface area contributed by atoms with Crippen LogP contribution in [0.4, 0.5) is 11.4 Å². The summed E-state index contributed by atoms with van der Waals surface area (Å²) in [5.74, 6) is -1.38. The number of hydrogen-bond acceptors (Lipinski definition) is 7. The molecule has 0 saturated carbocycles. The number of pyridine rings is 1. The molecule has 1 fully saturated rings. The predicted octanol–water partition coefficient (Wildman–Crippen LogP) is 3.68. The largest absolute Gasteiger partial charge is 0.507 e. The fourth-order valence-corrected chi connectivity index (χ4v) is 4.01. The first-order valence-corrected chi connectivity index (χ1v) is 10.7. The molecule has 1 aliphatic heterocycles. The molecule has 0 radical (unpaired) electrons. The molecule has 0 spiro atoms. The molecule has 35 heavy (non-hydrogen) atoms. The molecule has 2 heterocycles. The molecule has 2 aromatic carbocycles. The number of ether oxygens (including phenoxy) is 2. The highest BCUT2D eigenvalue weighted by Crippen LogP contribution is 2.43. The van der Waals surface area contributed by atoms with Crippen LogP contribution in [0, 0.1) is 0 Å². The highest BCUT2D eigenvalue weighted by atomic mass is 16.5. The lowest BCUT2D eigenvalue weighted by Gasteiger charge is -2.25. The van der Waals surface area contributed by atoms with Crippen molar-refractivity contribution in [1.82, 2.24) is 4.98 Å². The fourth-order valence-electron chi connectivity index (χ4n) is 4.01. The van der Waals surface area contributed by atoms with Crippen molar-refractivity contribution in [3.05, 3.63) is 83.7 Å². The van der Waals surface area contributed by atoms with E-state index < -0.39 is 17.7 Å². The van der Waals surface area contributed by atoms with Gasteiger partial charge in [0.05, 0.1) is 25.8 Å². The van der Waals surface area contributed by atoms with Gasteiger partial charge in [0, 0.05) is 36.3 Å². The minimum atomic E-state index is -0.905. The van der Waals surface area contributed by atoms with Crippen LogP contribution in [-0.2, 0) is 14.4 Å². The topological polar surface area (TPSA) is 118 Å². The Bertz CT molecular complexity index is 1320. The van der Waals surface area contributed by atoms with Crippen molar-refractivity contribution in [2.24, 2.45) is 0 Å². The SMILES string of the molecule is COc1ccc(/C(O)=C2/C(=O)C(=O)N(c3ccc(NC(C)=O)cc3)C2c2ccncc2)cc1OC. The number of rotatable bonds is 6. The monoisotopic (exact) mass is 473 g/mol. The second kappa shape index (κ2) is 9.68. The van der Waals surface area contributed by atoms with Gasteiger partial charge in [-0.2, -0.15) is 0 Å². The van der Waals surface area contributed by atoms with E-state index >= 15 is 0 Å². The Balaban J connectivity index is 1.87. The molecular weight excluding hydrogens is 450 g/mol. The molecule has 4 rings (SSSR count). The Labute approximate surface area is 201 Å². The number of Topliss-reactive ketones (excluding diaryl/α,β-unsaturated/α-hetero) is 1. The van der Waals surface area contributed by atoms with E-state index in [1.165, 1.54) is 32.1 Å². The highest BCUT2D eigenvalue weighted by Gasteiger charge is 2.47. The molecule has 9 heteroatoms. The van der Waals surface area contributed by atoms with Gasteiger partial charge in [0.25, 0.3) is 11.7 Å². The minimum Gasteiger partial charge on any atom is -0.507 e. The quantitative estimate of drug-likeness (QED) is 0.318. The molecule has 1 atom stereocenters. The summed E-state index contributed by atoms with van der Waals surface area (Å²) in [7, 11) is 2.95. The van der Waals surface area contributed by atoms with Crippen LogP contribution in [0.3, 0.4) is 0 Å². The summed E-state index contributed by atoms with van der Waals surface area (Å²) in [5.41, 5.74) is 1.78. The van der Waals surface area contributed by atoms with Gasteiger partial charge in [-0.3, -0.25) is 24.3 Å². The molecule has 2 N–H and O–H groups in total. The second-order valence-corrected chi connectivity index (χ2v) is 7.75. The normalized spacial score (nSPS) is 16.8. The van der Waals surface area contributed by atoms with Crippen LogP contribution in [0.25, 0.3) is 5.76 Å². The summed E-state index contributed by atoms with van der Waals surface area (Å²) < 4.78 is 10.6. The van der Waals surface area contributed by atoms with Gasteiger partial charge in [-0.05, 0) is 60.2 Å². The van der Waals surface area contributed by atoms with Gasteiger partial charge in [0.15, 0.2) is 11.5 Å². The number of nitrogens with one attached hydrogen (secondary N) is 1. The summed E-state index contributed by atoms with van der Waals surface area (Å²) in [5, 5.41) is 13.9. The number of methoxy groups -OCH3 is 2. The average Bonchev–Trinajstić information content (AvgIpc) is 3.14. The van der Waals surface area contributed by atoms with Crippen molar-refractivity contribution in [1.29, 1.82) is 0 Å². The van der Waals surface area contributed by atoms with Gasteiger partial charge < -0.3 is 19.9 Å². The standard InChI is InChI=1S/C26H23N3O6/c1-15(30)28-18-5-7-19(8-6-18)29-23(16-10-12-27-13-11-16)22(25(32)26(29)33)24(31)17-4-9-20(34-2)21(14-17)35-3/h4-14,23,31H,1-3H3,(H,28,30)/b24-22-. The molecule has 9 nitrogen and oxygen atoms in total. The third kappa shape index (κ3) is 4.43. The van der Waals surface area contributed by atoms with E-state index in [1.54, 1.807) is 60.9 Å². The average molecular weight is 473 g/mol. The van der Waals surface area contributed by atoms with Gasteiger partial charge in [-0.1, -0.05) is 0 Å². The molecule has 1 aliphatic rings. The fraction of sp³-hybridized carbons (Fsp3) is 0.154. The van der Waals surface area contributed by atoms with E-state index in [9.17, 15) is 19.5 Å². The van der Waals surface area contributed by atoms with Crippen molar-refractivity contribution in [3.63, 3.8) is 0 Å². The number of nitrogens with zero attached hydrogens (tertiary/aromatic N) is 2. The van der Waals surface area contributed by atoms with Gasteiger partial charge in [-0.25, -0.2) is 0 Å². The van der Waals surface area contributed by atoms with Crippen LogP contribution in [-0.4, -0.2) is 41.9 Å². The van der Waals surface area contributed by atoms with Gasteiger partial charge in [-0.15, -0.1) is 0 Å². The first-order chi connectivity index (χ1) is 16.8. The van der Waals surface area contributed by atoms with Crippen molar-refractivity contribution >= 4 is 34.7 Å². The van der Waals surface area contributed by atoms with E-state index in [0.717, 1.165) is 0 Å². The number of hydrogen-bond donors (Lipinski definition) is 2. The lowest BCUT2D eigenvalue weighted by molar-refractivity contribution is -0.132.